The van der Waals surface area contributed by atoms with Crippen molar-refractivity contribution < 1.29 is 4.79 Å². The number of aromatic nitrogens is 6. The molecular weight excluding hydrogens is 468 g/mol. The van der Waals surface area contributed by atoms with E-state index in [1.54, 1.807) is 33.9 Å². The molecule has 1 atom stereocenters. The van der Waals surface area contributed by atoms with Gasteiger partial charge in [-0.25, -0.2) is 9.50 Å². The molecule has 0 aliphatic heterocycles. The highest BCUT2D eigenvalue weighted by Crippen LogP contribution is 2.37. The molecule has 1 aliphatic rings. The molecule has 0 unspecified atom stereocenters. The van der Waals surface area contributed by atoms with Crippen LogP contribution < -0.4 is 16.6 Å². The van der Waals surface area contributed by atoms with Gasteiger partial charge in [-0.05, 0) is 43.4 Å². The number of pyridine rings is 1. The fourth-order valence-electron chi connectivity index (χ4n) is 4.63. The van der Waals surface area contributed by atoms with Gasteiger partial charge in [-0.1, -0.05) is 24.0 Å². The van der Waals surface area contributed by atoms with Crippen LogP contribution in [0.15, 0.2) is 59.9 Å². The number of benzene rings is 1. The van der Waals surface area contributed by atoms with E-state index in [0.717, 1.165) is 29.5 Å². The lowest BCUT2D eigenvalue weighted by Gasteiger charge is -2.21. The monoisotopic (exact) mass is 492 g/mol. The molecule has 10 nitrogen and oxygen atoms in total. The molecule has 1 saturated carbocycles. The normalized spacial score (nSPS) is 13.9. The Hall–Kier alpha value is -4.91. The van der Waals surface area contributed by atoms with E-state index in [-0.39, 0.29) is 23.0 Å². The van der Waals surface area contributed by atoms with E-state index in [1.165, 1.54) is 4.52 Å². The maximum absolute atomic E-state index is 13.8. The molecule has 1 fully saturated rings. The molecule has 0 bridgehead atoms. The number of amides is 1. The zero-order chi connectivity index (χ0) is 25.7. The van der Waals surface area contributed by atoms with Crippen LogP contribution in [-0.2, 0) is 7.05 Å². The molecule has 6 rings (SSSR count). The Bertz CT molecular complexity index is 1810. The Morgan fingerprint density at radius 3 is 2.84 bits per heavy atom. The van der Waals surface area contributed by atoms with Gasteiger partial charge < -0.3 is 15.6 Å². The van der Waals surface area contributed by atoms with Crippen LogP contribution in [0.4, 0.5) is 5.82 Å². The van der Waals surface area contributed by atoms with Gasteiger partial charge in [-0.15, -0.1) is 5.10 Å². The number of nitrogens with one attached hydrogen (secondary N) is 1. The van der Waals surface area contributed by atoms with Gasteiger partial charge in [0.2, 0.25) is 0 Å². The van der Waals surface area contributed by atoms with Crippen molar-refractivity contribution in [3.8, 4) is 11.8 Å². The molecule has 0 spiro atoms. The van der Waals surface area contributed by atoms with E-state index >= 15 is 0 Å². The second kappa shape index (κ2) is 8.64. The summed E-state index contributed by atoms with van der Waals surface area (Å²) in [5, 5.41) is 12.7. The molecule has 37 heavy (non-hydrogen) atoms. The van der Waals surface area contributed by atoms with Crippen LogP contribution in [0.25, 0.3) is 16.4 Å². The average Bonchev–Trinajstić information content (AvgIpc) is 3.53. The summed E-state index contributed by atoms with van der Waals surface area (Å²) >= 11 is 0. The Labute approximate surface area is 211 Å². The summed E-state index contributed by atoms with van der Waals surface area (Å²) in [7, 11) is 1.83. The van der Waals surface area contributed by atoms with Crippen molar-refractivity contribution in [1.82, 2.24) is 34.3 Å². The Balaban J connectivity index is 1.41. The maximum atomic E-state index is 13.8. The van der Waals surface area contributed by atoms with E-state index in [1.807, 2.05) is 44.4 Å². The number of carbonyl (C=O) groups excluding carboxylic acids is 1. The van der Waals surface area contributed by atoms with Gasteiger partial charge in [0.15, 0.2) is 11.5 Å². The molecule has 1 aromatic carbocycles. The third-order valence-electron chi connectivity index (χ3n) is 6.51. The predicted molar refractivity (Wildman–Crippen MR) is 139 cm³/mol. The third-order valence-corrected chi connectivity index (χ3v) is 6.51. The predicted octanol–water partition coefficient (Wildman–Crippen LogP) is 2.59. The zero-order valence-electron chi connectivity index (χ0n) is 20.3. The molecule has 1 aliphatic carbocycles. The second-order valence-electron chi connectivity index (χ2n) is 9.24. The molecule has 0 saturated heterocycles. The standard InChI is InChI=1S/C27H24N8O2/c1-16(31-26(36)23-24(28)32-34-12-4-11-29-25(23)34)21-13-19-6-3-5-18(8-7-17-14-30-33(2)15-17)22(19)27(37)35(21)20-9-10-20/h3-6,11-16,20H,9-10H2,1-2H3,(H2,28,32)(H,31,36)/t16-/m1/s1. The Morgan fingerprint density at radius 2 is 2.08 bits per heavy atom. The molecule has 3 N–H and O–H groups in total. The summed E-state index contributed by atoms with van der Waals surface area (Å²) in [6, 6.07) is 8.94. The highest BCUT2D eigenvalue weighted by molar-refractivity contribution is 6.04. The van der Waals surface area contributed by atoms with Crippen LogP contribution in [0, 0.1) is 11.8 Å². The van der Waals surface area contributed by atoms with E-state index in [9.17, 15) is 9.59 Å². The number of nitrogens with two attached hydrogens (primary N) is 1. The quantitative estimate of drug-likeness (QED) is 0.372. The number of rotatable bonds is 4. The fraction of sp³-hybridized carbons (Fsp3) is 0.222. The second-order valence-corrected chi connectivity index (χ2v) is 9.24. The molecule has 184 valence electrons. The van der Waals surface area contributed by atoms with Crippen LogP contribution in [0.1, 0.15) is 59.0 Å². The van der Waals surface area contributed by atoms with Crippen LogP contribution in [0.5, 0.6) is 0 Å². The van der Waals surface area contributed by atoms with Crippen molar-refractivity contribution in [3.63, 3.8) is 0 Å². The van der Waals surface area contributed by atoms with E-state index in [0.29, 0.717) is 16.6 Å². The van der Waals surface area contributed by atoms with Crippen LogP contribution in [-0.4, -0.2) is 34.9 Å². The molecule has 4 heterocycles. The third kappa shape index (κ3) is 4.00. The lowest BCUT2D eigenvalue weighted by atomic mass is 10.0. The van der Waals surface area contributed by atoms with Gasteiger partial charge in [0.25, 0.3) is 11.5 Å². The molecule has 0 radical (unpaired) electrons. The van der Waals surface area contributed by atoms with E-state index in [4.69, 9.17) is 5.73 Å². The highest BCUT2D eigenvalue weighted by Gasteiger charge is 2.30. The number of fused-ring (bicyclic) bond motifs is 2. The SMILES string of the molecule is C[C@@H](NC(=O)c1c(N)nn2cccnc12)c1cc2cccc(C#Cc3cnn(C)c3)c2c(=O)n1C1CC1. The molecule has 5 aromatic rings. The van der Waals surface area contributed by atoms with Crippen molar-refractivity contribution in [2.45, 2.75) is 31.8 Å². The summed E-state index contributed by atoms with van der Waals surface area (Å²) in [6.45, 7) is 1.86. The summed E-state index contributed by atoms with van der Waals surface area (Å²) in [5.74, 6) is 5.95. The highest BCUT2D eigenvalue weighted by atomic mass is 16.2. The minimum Gasteiger partial charge on any atom is -0.381 e. The minimum absolute atomic E-state index is 0.0919. The maximum Gasteiger partial charge on any atom is 0.260 e. The number of hydrogen-bond donors (Lipinski definition) is 2. The largest absolute Gasteiger partial charge is 0.381 e. The average molecular weight is 493 g/mol. The minimum atomic E-state index is -0.464. The Morgan fingerprint density at radius 1 is 1.24 bits per heavy atom. The van der Waals surface area contributed by atoms with Crippen molar-refractivity contribution in [1.29, 1.82) is 0 Å². The molecule has 1 amide bonds. The number of nitrogens with zero attached hydrogens (tertiary/aromatic N) is 6. The van der Waals surface area contributed by atoms with Crippen molar-refractivity contribution >= 4 is 28.1 Å². The fourth-order valence-corrected chi connectivity index (χ4v) is 4.63. The molecule has 4 aromatic heterocycles. The van der Waals surface area contributed by atoms with E-state index < -0.39 is 11.9 Å². The smallest absolute Gasteiger partial charge is 0.260 e. The number of hydrogen-bond acceptors (Lipinski definition) is 6. The summed E-state index contributed by atoms with van der Waals surface area (Å²) in [4.78, 5) is 31.3. The number of nitrogen functional groups attached to an aromatic ring is 1. The first-order valence-electron chi connectivity index (χ1n) is 12.0. The summed E-state index contributed by atoms with van der Waals surface area (Å²) < 4.78 is 4.96. The van der Waals surface area contributed by atoms with Crippen LogP contribution in [0.2, 0.25) is 0 Å². The molecular formula is C27H24N8O2. The number of anilines is 1. The van der Waals surface area contributed by atoms with Crippen molar-refractivity contribution in [2.24, 2.45) is 7.05 Å². The van der Waals surface area contributed by atoms with Gasteiger partial charge in [0.05, 0.1) is 23.2 Å². The van der Waals surface area contributed by atoms with Gasteiger partial charge in [0, 0.05) is 42.9 Å². The lowest BCUT2D eigenvalue weighted by molar-refractivity contribution is 0.0940. The van der Waals surface area contributed by atoms with E-state index in [2.05, 4.69) is 32.3 Å². The zero-order valence-corrected chi connectivity index (χ0v) is 20.3. The Kier molecular flexibility index (Phi) is 5.26. The first-order valence-corrected chi connectivity index (χ1v) is 12.0. The number of carbonyl (C=O) groups is 1. The van der Waals surface area contributed by atoms with Crippen molar-refractivity contribution in [3.05, 3.63) is 87.9 Å². The van der Waals surface area contributed by atoms with Crippen molar-refractivity contribution in [2.75, 3.05) is 5.73 Å². The lowest BCUT2D eigenvalue weighted by Crippen LogP contribution is -2.33. The molecule has 10 heteroatoms. The van der Waals surface area contributed by atoms with Gasteiger partial charge in [0.1, 0.15) is 5.56 Å². The first kappa shape index (κ1) is 22.5. The topological polar surface area (TPSA) is 125 Å². The summed E-state index contributed by atoms with van der Waals surface area (Å²) in [5.41, 5.74) is 8.68. The number of aryl methyl sites for hydroxylation is 1. The summed E-state index contributed by atoms with van der Waals surface area (Å²) in [6.07, 6.45) is 8.60. The van der Waals surface area contributed by atoms with Gasteiger partial charge in [-0.3, -0.25) is 14.3 Å². The van der Waals surface area contributed by atoms with Crippen LogP contribution >= 0.6 is 0 Å². The first-order chi connectivity index (χ1) is 17.9. The van der Waals surface area contributed by atoms with Gasteiger partial charge >= 0.3 is 0 Å². The van der Waals surface area contributed by atoms with Crippen LogP contribution in [0.3, 0.4) is 0 Å². The van der Waals surface area contributed by atoms with Gasteiger partial charge in [-0.2, -0.15) is 5.10 Å².